The molecule has 1 aromatic carbocycles. The molecule has 0 saturated carbocycles. The summed E-state index contributed by atoms with van der Waals surface area (Å²) < 4.78 is 12.0. The van der Waals surface area contributed by atoms with Crippen LogP contribution in [0.3, 0.4) is 0 Å². The van der Waals surface area contributed by atoms with Gasteiger partial charge in [-0.15, -0.1) is 0 Å². The fraction of sp³-hybridized carbons (Fsp3) is 0.500. The van der Waals surface area contributed by atoms with Gasteiger partial charge in [-0.1, -0.05) is 32.9 Å². The highest BCUT2D eigenvalue weighted by Crippen LogP contribution is 2.27. The molecule has 5 heteroatoms. The van der Waals surface area contributed by atoms with E-state index in [1.165, 1.54) is 5.56 Å². The molecule has 1 saturated heterocycles. The predicted octanol–water partition coefficient (Wildman–Crippen LogP) is 4.86. The van der Waals surface area contributed by atoms with Crippen LogP contribution < -0.4 is 14.4 Å². The number of hydrogen-bond donors (Lipinski definition) is 0. The lowest BCUT2D eigenvalue weighted by Gasteiger charge is -2.20. The third kappa shape index (κ3) is 6.21. The van der Waals surface area contributed by atoms with Crippen molar-refractivity contribution in [2.45, 2.75) is 52.6 Å². The van der Waals surface area contributed by atoms with Gasteiger partial charge < -0.3 is 19.2 Å². The maximum Gasteiger partial charge on any atom is 0.215 e. The second-order valence-electron chi connectivity index (χ2n) is 8.41. The Labute approximate surface area is 174 Å². The molecular weight excluding hydrogens is 364 g/mol. The minimum absolute atomic E-state index is 0.156. The van der Waals surface area contributed by atoms with E-state index in [-0.39, 0.29) is 17.8 Å². The maximum absolute atomic E-state index is 11.3. The van der Waals surface area contributed by atoms with Crippen molar-refractivity contribution in [3.8, 4) is 11.6 Å². The third-order valence-electron chi connectivity index (χ3n) is 5.14. The van der Waals surface area contributed by atoms with Gasteiger partial charge in [0.25, 0.3) is 0 Å². The van der Waals surface area contributed by atoms with Gasteiger partial charge in [0.05, 0.1) is 13.2 Å². The Balaban J connectivity index is 1.55. The standard InChI is InChI=1S/C24H32N2O3/c1-17(2)16-28-24-14-21(9-11-25-24)26-12-10-23(15-26)29-22-7-5-20(6-8-22)18(3)13-19(4)27/h5-9,11,14,17-18,23H,10,12-13,15-16H2,1-4H3/t18-,23-/m1/s1. The highest BCUT2D eigenvalue weighted by Gasteiger charge is 2.24. The second kappa shape index (κ2) is 9.77. The van der Waals surface area contributed by atoms with Crippen LogP contribution in [-0.2, 0) is 4.79 Å². The van der Waals surface area contributed by atoms with Crippen molar-refractivity contribution in [1.82, 2.24) is 4.98 Å². The van der Waals surface area contributed by atoms with Crippen LogP contribution in [0.5, 0.6) is 11.6 Å². The first-order valence-electron chi connectivity index (χ1n) is 10.5. The summed E-state index contributed by atoms with van der Waals surface area (Å²) >= 11 is 0. The highest BCUT2D eigenvalue weighted by molar-refractivity contribution is 5.76. The zero-order valence-electron chi connectivity index (χ0n) is 17.9. The van der Waals surface area contributed by atoms with E-state index >= 15 is 0 Å². The van der Waals surface area contributed by atoms with Crippen LogP contribution >= 0.6 is 0 Å². The summed E-state index contributed by atoms with van der Waals surface area (Å²) in [6.07, 6.45) is 3.52. The average molecular weight is 397 g/mol. The lowest BCUT2D eigenvalue weighted by atomic mass is 9.96. The molecule has 2 aromatic rings. The number of ether oxygens (including phenoxy) is 2. The van der Waals surface area contributed by atoms with Gasteiger partial charge in [0.15, 0.2) is 0 Å². The normalized spacial score (nSPS) is 17.4. The minimum atomic E-state index is 0.156. The summed E-state index contributed by atoms with van der Waals surface area (Å²) in [6.45, 7) is 10.4. The molecule has 0 spiro atoms. The number of benzene rings is 1. The Morgan fingerprint density at radius 1 is 1.21 bits per heavy atom. The summed E-state index contributed by atoms with van der Waals surface area (Å²) in [5.74, 6) is 2.49. The molecular formula is C24H32N2O3. The predicted molar refractivity (Wildman–Crippen MR) is 116 cm³/mol. The van der Waals surface area contributed by atoms with E-state index in [2.05, 4.69) is 42.8 Å². The van der Waals surface area contributed by atoms with E-state index < -0.39 is 0 Å². The molecule has 1 aromatic heterocycles. The molecule has 1 fully saturated rings. The van der Waals surface area contributed by atoms with Crippen molar-refractivity contribution in [3.63, 3.8) is 0 Å². The highest BCUT2D eigenvalue weighted by atomic mass is 16.5. The number of rotatable bonds is 9. The number of carbonyl (C=O) groups excluding carboxylic acids is 1. The summed E-state index contributed by atoms with van der Waals surface area (Å²) in [5, 5.41) is 0. The Kier molecular flexibility index (Phi) is 7.13. The zero-order valence-corrected chi connectivity index (χ0v) is 17.9. The van der Waals surface area contributed by atoms with Crippen LogP contribution in [0.15, 0.2) is 42.6 Å². The van der Waals surface area contributed by atoms with Crippen LogP contribution in [0.4, 0.5) is 5.69 Å². The van der Waals surface area contributed by atoms with E-state index in [0.29, 0.717) is 24.8 Å². The Morgan fingerprint density at radius 3 is 2.66 bits per heavy atom. The molecule has 0 unspecified atom stereocenters. The van der Waals surface area contributed by atoms with Crippen LogP contribution in [0.2, 0.25) is 0 Å². The summed E-state index contributed by atoms with van der Waals surface area (Å²) in [4.78, 5) is 17.9. The van der Waals surface area contributed by atoms with Crippen LogP contribution in [-0.4, -0.2) is 36.6 Å². The molecule has 2 heterocycles. The van der Waals surface area contributed by atoms with Gasteiger partial charge in [-0.05, 0) is 42.5 Å². The first-order valence-corrected chi connectivity index (χ1v) is 10.5. The van der Waals surface area contributed by atoms with Crippen LogP contribution in [0, 0.1) is 5.92 Å². The number of Topliss-reactive ketones (excluding diaryl/α,β-unsaturated/α-hetero) is 1. The van der Waals surface area contributed by atoms with Gasteiger partial charge in [-0.3, -0.25) is 0 Å². The van der Waals surface area contributed by atoms with Crippen molar-refractivity contribution in [2.75, 3.05) is 24.6 Å². The summed E-state index contributed by atoms with van der Waals surface area (Å²) in [7, 11) is 0. The number of hydrogen-bond acceptors (Lipinski definition) is 5. The number of carbonyl (C=O) groups is 1. The fourth-order valence-corrected chi connectivity index (χ4v) is 3.60. The topological polar surface area (TPSA) is 51.7 Å². The SMILES string of the molecule is CC(=O)C[C@@H](C)c1ccc(O[C@@H]2CCN(c3ccnc(OCC(C)C)c3)C2)cc1. The quantitative estimate of drug-likeness (QED) is 0.606. The van der Waals surface area contributed by atoms with Gasteiger partial charge in [0, 0.05) is 37.3 Å². The third-order valence-corrected chi connectivity index (χ3v) is 5.14. The first-order chi connectivity index (χ1) is 13.9. The van der Waals surface area contributed by atoms with Crippen molar-refractivity contribution in [3.05, 3.63) is 48.2 Å². The van der Waals surface area contributed by atoms with E-state index in [9.17, 15) is 4.79 Å². The zero-order chi connectivity index (χ0) is 20.8. The molecule has 1 aliphatic rings. The molecule has 0 aliphatic carbocycles. The lowest BCUT2D eigenvalue weighted by Crippen LogP contribution is -2.24. The molecule has 2 atom stereocenters. The largest absolute Gasteiger partial charge is 0.489 e. The van der Waals surface area contributed by atoms with Gasteiger partial charge in [0.1, 0.15) is 17.6 Å². The molecule has 1 aliphatic heterocycles. The smallest absolute Gasteiger partial charge is 0.215 e. The Bertz CT molecular complexity index is 804. The Morgan fingerprint density at radius 2 is 1.97 bits per heavy atom. The molecule has 0 bridgehead atoms. The summed E-state index contributed by atoms with van der Waals surface area (Å²) in [6, 6.07) is 12.2. The average Bonchev–Trinajstić information content (AvgIpc) is 3.15. The van der Waals surface area contributed by atoms with Crippen molar-refractivity contribution < 1.29 is 14.3 Å². The second-order valence-corrected chi connectivity index (χ2v) is 8.41. The molecule has 29 heavy (non-hydrogen) atoms. The molecule has 0 N–H and O–H groups in total. The molecule has 0 radical (unpaired) electrons. The van der Waals surface area contributed by atoms with Gasteiger partial charge >= 0.3 is 0 Å². The fourth-order valence-electron chi connectivity index (χ4n) is 3.60. The first kappa shape index (κ1) is 21.2. The van der Waals surface area contributed by atoms with Gasteiger partial charge in [0.2, 0.25) is 5.88 Å². The van der Waals surface area contributed by atoms with Crippen LogP contribution in [0.1, 0.15) is 52.0 Å². The number of nitrogens with zero attached hydrogens (tertiary/aromatic N) is 2. The Hall–Kier alpha value is -2.56. The van der Waals surface area contributed by atoms with Crippen molar-refractivity contribution in [1.29, 1.82) is 0 Å². The van der Waals surface area contributed by atoms with E-state index in [1.54, 1.807) is 13.1 Å². The van der Waals surface area contributed by atoms with Gasteiger partial charge in [-0.25, -0.2) is 4.98 Å². The maximum atomic E-state index is 11.3. The lowest BCUT2D eigenvalue weighted by molar-refractivity contribution is -0.117. The molecule has 5 nitrogen and oxygen atoms in total. The van der Waals surface area contributed by atoms with E-state index in [0.717, 1.165) is 30.9 Å². The van der Waals surface area contributed by atoms with Gasteiger partial charge in [-0.2, -0.15) is 0 Å². The number of anilines is 1. The number of ketones is 1. The van der Waals surface area contributed by atoms with Crippen molar-refractivity contribution >= 4 is 11.5 Å². The number of pyridine rings is 1. The summed E-state index contributed by atoms with van der Waals surface area (Å²) in [5.41, 5.74) is 2.30. The van der Waals surface area contributed by atoms with Crippen LogP contribution in [0.25, 0.3) is 0 Å². The molecule has 156 valence electrons. The number of aromatic nitrogens is 1. The van der Waals surface area contributed by atoms with E-state index in [1.807, 2.05) is 24.3 Å². The molecule has 0 amide bonds. The van der Waals surface area contributed by atoms with Crippen molar-refractivity contribution in [2.24, 2.45) is 5.92 Å². The monoisotopic (exact) mass is 396 g/mol. The molecule has 3 rings (SSSR count). The van der Waals surface area contributed by atoms with E-state index in [4.69, 9.17) is 9.47 Å². The minimum Gasteiger partial charge on any atom is -0.489 e.